The number of carbonyl (C=O) groups is 1. The summed E-state index contributed by atoms with van der Waals surface area (Å²) in [5.74, 6) is -6.53. The molecule has 1 aliphatic heterocycles. The molecule has 4 nitrogen and oxygen atoms in total. The Morgan fingerprint density at radius 1 is 0.844 bits per heavy atom. The van der Waals surface area contributed by atoms with Crippen LogP contribution in [-0.2, 0) is 0 Å². The molecule has 0 atom stereocenters. The predicted molar refractivity (Wildman–Crippen MR) is 114 cm³/mol. The number of nitrogens with zero attached hydrogens (tertiary/aromatic N) is 2. The van der Waals surface area contributed by atoms with Crippen LogP contribution in [0.25, 0.3) is 11.3 Å². The molecule has 0 spiro atoms. The van der Waals surface area contributed by atoms with E-state index in [0.717, 1.165) is 4.90 Å². The minimum atomic E-state index is -1.66. The molecule has 0 aliphatic carbocycles. The summed E-state index contributed by atoms with van der Waals surface area (Å²) >= 11 is 17.3. The first-order valence-corrected chi connectivity index (χ1v) is 10.4. The summed E-state index contributed by atoms with van der Waals surface area (Å²) in [5, 5.41) is -0.439. The summed E-state index contributed by atoms with van der Waals surface area (Å²) in [7, 11) is 0. The van der Waals surface area contributed by atoms with Gasteiger partial charge in [0, 0.05) is 36.8 Å². The average molecular weight is 508 g/mol. The van der Waals surface area contributed by atoms with Gasteiger partial charge in [0.2, 0.25) is 0 Å². The first-order chi connectivity index (χ1) is 15.2. The quantitative estimate of drug-likeness (QED) is 0.233. The van der Waals surface area contributed by atoms with E-state index in [1.165, 1.54) is 11.0 Å². The SMILES string of the molecule is O=C(c1ccc(-c2ccc(Cl)cc2Cl)o1)N1CCN(c2c(F)c(F)c(Cl)c(F)c2F)CC1. The molecule has 0 N–H and O–H groups in total. The van der Waals surface area contributed by atoms with Crippen molar-refractivity contribution in [1.82, 2.24) is 4.90 Å². The van der Waals surface area contributed by atoms with Crippen LogP contribution in [0.1, 0.15) is 10.6 Å². The average Bonchev–Trinajstić information content (AvgIpc) is 3.26. The minimum Gasteiger partial charge on any atom is -0.451 e. The van der Waals surface area contributed by atoms with E-state index < -0.39 is 39.9 Å². The van der Waals surface area contributed by atoms with Crippen molar-refractivity contribution in [2.45, 2.75) is 0 Å². The van der Waals surface area contributed by atoms with Crippen LogP contribution >= 0.6 is 34.8 Å². The molecular formula is C21H13Cl3F4N2O2. The van der Waals surface area contributed by atoms with Gasteiger partial charge in [-0.2, -0.15) is 0 Å². The Morgan fingerprint density at radius 3 is 2.06 bits per heavy atom. The smallest absolute Gasteiger partial charge is 0.289 e. The molecule has 1 amide bonds. The van der Waals surface area contributed by atoms with Gasteiger partial charge in [-0.3, -0.25) is 4.79 Å². The van der Waals surface area contributed by atoms with E-state index in [1.54, 1.807) is 24.3 Å². The monoisotopic (exact) mass is 506 g/mol. The Balaban J connectivity index is 1.49. The van der Waals surface area contributed by atoms with Crippen molar-refractivity contribution in [2.24, 2.45) is 0 Å². The zero-order chi connectivity index (χ0) is 23.2. The lowest BCUT2D eigenvalue weighted by Gasteiger charge is -2.36. The van der Waals surface area contributed by atoms with Gasteiger partial charge in [0.1, 0.15) is 16.5 Å². The van der Waals surface area contributed by atoms with E-state index >= 15 is 0 Å². The van der Waals surface area contributed by atoms with Crippen LogP contribution in [0.5, 0.6) is 0 Å². The molecule has 3 aromatic rings. The van der Waals surface area contributed by atoms with E-state index in [4.69, 9.17) is 39.2 Å². The van der Waals surface area contributed by atoms with Crippen molar-refractivity contribution in [3.05, 3.63) is 74.4 Å². The lowest BCUT2D eigenvalue weighted by Crippen LogP contribution is -2.49. The molecule has 0 radical (unpaired) electrons. The fourth-order valence-electron chi connectivity index (χ4n) is 3.45. The summed E-state index contributed by atoms with van der Waals surface area (Å²) in [4.78, 5) is 15.3. The maximum atomic E-state index is 14.2. The molecule has 0 saturated carbocycles. The summed E-state index contributed by atoms with van der Waals surface area (Å²) in [5.41, 5.74) is -0.299. The lowest BCUT2D eigenvalue weighted by atomic mass is 10.2. The van der Waals surface area contributed by atoms with Crippen LogP contribution in [0.3, 0.4) is 0 Å². The Labute approximate surface area is 194 Å². The number of anilines is 1. The number of piperazine rings is 1. The maximum Gasteiger partial charge on any atom is 0.289 e. The van der Waals surface area contributed by atoms with E-state index in [0.29, 0.717) is 21.4 Å². The van der Waals surface area contributed by atoms with Gasteiger partial charge in [0.05, 0.1) is 5.02 Å². The van der Waals surface area contributed by atoms with Gasteiger partial charge in [-0.05, 0) is 30.3 Å². The van der Waals surface area contributed by atoms with Crippen LogP contribution < -0.4 is 4.90 Å². The normalized spacial score (nSPS) is 14.2. The predicted octanol–water partition coefficient (Wildman–Crippen LogP) is 6.43. The standard InChI is InChI=1S/C21H13Cl3F4N2O2/c22-10-1-2-11(12(23)9-10)13-3-4-14(32-13)21(31)30-7-5-29(6-8-30)20-18(27)16(25)15(24)17(26)19(20)28/h1-4,9H,5-8H2. The third-order valence-corrected chi connectivity index (χ3v) is 5.96. The highest BCUT2D eigenvalue weighted by Crippen LogP contribution is 2.35. The van der Waals surface area contributed by atoms with Crippen molar-refractivity contribution < 1.29 is 26.8 Å². The van der Waals surface area contributed by atoms with E-state index in [2.05, 4.69) is 0 Å². The highest BCUT2D eigenvalue weighted by Gasteiger charge is 2.31. The van der Waals surface area contributed by atoms with E-state index in [-0.39, 0.29) is 31.9 Å². The van der Waals surface area contributed by atoms with Gasteiger partial charge in [0.25, 0.3) is 5.91 Å². The third-order valence-electron chi connectivity index (χ3n) is 5.08. The van der Waals surface area contributed by atoms with Crippen molar-refractivity contribution in [2.75, 3.05) is 31.1 Å². The number of halogens is 7. The zero-order valence-electron chi connectivity index (χ0n) is 16.1. The van der Waals surface area contributed by atoms with Crippen molar-refractivity contribution >= 4 is 46.4 Å². The number of hydrogen-bond acceptors (Lipinski definition) is 3. The van der Waals surface area contributed by atoms with Gasteiger partial charge in [-0.25, -0.2) is 17.6 Å². The summed E-state index contributed by atoms with van der Waals surface area (Å²) in [6.07, 6.45) is 0. The molecular weight excluding hydrogens is 495 g/mol. The molecule has 2 aromatic carbocycles. The fourth-order valence-corrected chi connectivity index (χ4v) is 4.11. The van der Waals surface area contributed by atoms with Crippen molar-refractivity contribution in [3.8, 4) is 11.3 Å². The van der Waals surface area contributed by atoms with Crippen LogP contribution in [0.2, 0.25) is 15.1 Å². The largest absolute Gasteiger partial charge is 0.451 e. The number of furan rings is 1. The number of hydrogen-bond donors (Lipinski definition) is 0. The molecule has 1 saturated heterocycles. The van der Waals surface area contributed by atoms with Crippen LogP contribution in [0.15, 0.2) is 34.7 Å². The molecule has 1 fully saturated rings. The summed E-state index contributed by atoms with van der Waals surface area (Å²) in [6, 6.07) is 7.90. The van der Waals surface area contributed by atoms with Crippen LogP contribution in [0.4, 0.5) is 23.2 Å². The maximum absolute atomic E-state index is 14.2. The van der Waals surface area contributed by atoms with Gasteiger partial charge in [-0.1, -0.05) is 34.8 Å². The molecule has 168 valence electrons. The van der Waals surface area contributed by atoms with Crippen molar-refractivity contribution in [1.29, 1.82) is 0 Å². The number of amides is 1. The first kappa shape index (κ1) is 22.8. The number of carbonyl (C=O) groups excluding carboxylic acids is 1. The topological polar surface area (TPSA) is 36.7 Å². The van der Waals surface area contributed by atoms with Gasteiger partial charge >= 0.3 is 0 Å². The molecule has 1 aromatic heterocycles. The van der Waals surface area contributed by atoms with Crippen molar-refractivity contribution in [3.63, 3.8) is 0 Å². The lowest BCUT2D eigenvalue weighted by molar-refractivity contribution is 0.0715. The fraction of sp³-hybridized carbons (Fsp3) is 0.190. The second-order valence-corrected chi connectivity index (χ2v) is 8.21. The second kappa shape index (κ2) is 8.84. The highest BCUT2D eigenvalue weighted by molar-refractivity contribution is 6.36. The zero-order valence-corrected chi connectivity index (χ0v) is 18.3. The Morgan fingerprint density at radius 2 is 1.47 bits per heavy atom. The van der Waals surface area contributed by atoms with E-state index in [9.17, 15) is 22.4 Å². The molecule has 0 unspecified atom stereocenters. The van der Waals surface area contributed by atoms with Crippen LogP contribution in [0, 0.1) is 23.3 Å². The molecule has 11 heteroatoms. The molecule has 1 aliphatic rings. The molecule has 0 bridgehead atoms. The number of benzene rings is 2. The Kier molecular flexibility index (Phi) is 6.29. The Bertz CT molecular complexity index is 1180. The number of rotatable bonds is 3. The highest BCUT2D eigenvalue weighted by atomic mass is 35.5. The first-order valence-electron chi connectivity index (χ1n) is 9.30. The van der Waals surface area contributed by atoms with Gasteiger partial charge in [-0.15, -0.1) is 0 Å². The third kappa shape index (κ3) is 4.02. The summed E-state index contributed by atoms with van der Waals surface area (Å²) in [6.45, 7) is -0.0318. The summed E-state index contributed by atoms with van der Waals surface area (Å²) < 4.78 is 61.6. The minimum absolute atomic E-state index is 0.0420. The molecule has 32 heavy (non-hydrogen) atoms. The van der Waals surface area contributed by atoms with Gasteiger partial charge < -0.3 is 14.2 Å². The second-order valence-electron chi connectivity index (χ2n) is 6.99. The van der Waals surface area contributed by atoms with E-state index in [1.807, 2.05) is 0 Å². The molecule has 2 heterocycles. The van der Waals surface area contributed by atoms with Gasteiger partial charge in [0.15, 0.2) is 29.0 Å². The van der Waals surface area contributed by atoms with Crippen LogP contribution in [-0.4, -0.2) is 37.0 Å². The Hall–Kier alpha value is -2.42. The molecule has 4 rings (SSSR count).